The molecule has 0 saturated carbocycles. The van der Waals surface area contributed by atoms with Crippen molar-refractivity contribution >= 4 is 51.2 Å². The van der Waals surface area contributed by atoms with Gasteiger partial charge in [0.1, 0.15) is 0 Å². The molecule has 1 amide bonds. The van der Waals surface area contributed by atoms with E-state index in [1.54, 1.807) is 18.3 Å². The van der Waals surface area contributed by atoms with Crippen molar-refractivity contribution in [2.75, 3.05) is 36.4 Å². The molecule has 202 valence electrons. The Kier molecular flexibility index (Phi) is 6.70. The van der Waals surface area contributed by atoms with Crippen molar-refractivity contribution < 1.29 is 13.6 Å². The van der Waals surface area contributed by atoms with E-state index in [9.17, 15) is 13.6 Å². The highest BCUT2D eigenvalue weighted by molar-refractivity contribution is 14.1. The number of fused-ring (bicyclic) bond motifs is 2. The number of carbonyl (C=O) groups is 1. The number of aromatic nitrogens is 2. The summed E-state index contributed by atoms with van der Waals surface area (Å²) in [6.07, 6.45) is 3.59. The summed E-state index contributed by atoms with van der Waals surface area (Å²) in [7, 11) is 0. The third-order valence-electron chi connectivity index (χ3n) is 7.60. The number of amides is 1. The fraction of sp³-hybridized carbons (Fsp3) is 0.310. The largest absolute Gasteiger partial charge is 0.369 e. The molecule has 6 rings (SSSR count). The maximum atomic E-state index is 14.8. The number of hydrogen-bond donors (Lipinski definition) is 2. The molecule has 0 aliphatic carbocycles. The molecular formula is C29H29F2IN6O. The number of anilines is 3. The van der Waals surface area contributed by atoms with Gasteiger partial charge in [0.15, 0.2) is 5.65 Å². The molecule has 2 aliphatic heterocycles. The number of benzene rings is 2. The summed E-state index contributed by atoms with van der Waals surface area (Å²) >= 11 is 1.22. The van der Waals surface area contributed by atoms with E-state index >= 15 is 0 Å². The van der Waals surface area contributed by atoms with Gasteiger partial charge in [-0.15, -0.1) is 0 Å². The first-order valence-corrected chi connectivity index (χ1v) is 14.1. The monoisotopic (exact) mass is 642 g/mol. The Morgan fingerprint density at radius 1 is 1.05 bits per heavy atom. The maximum absolute atomic E-state index is 14.8. The standard InChI is InChI=1S/C29H29F2IN6O/c1-18(2)36-11-13-37(14-12-36)26-7-4-21(16-23(26)29(30,31)32)35-24-6-8-25(38-10-9-33-27(24)38)19-3-5-22-20(15-19)17-34-28(22)39/h3-10,15-16,18,35H,11-14,17H2,1-2H3,(H,34,39). The van der Waals surface area contributed by atoms with Gasteiger partial charge in [-0.1, -0.05) is 6.07 Å². The van der Waals surface area contributed by atoms with E-state index in [1.807, 2.05) is 47.0 Å². The van der Waals surface area contributed by atoms with Crippen LogP contribution in [-0.4, -0.2) is 52.4 Å². The summed E-state index contributed by atoms with van der Waals surface area (Å²) in [5.74, 6) is -0.0517. The molecule has 1 saturated heterocycles. The van der Waals surface area contributed by atoms with E-state index in [2.05, 4.69) is 39.3 Å². The number of nitrogens with one attached hydrogen (secondary N) is 2. The van der Waals surface area contributed by atoms with Crippen LogP contribution in [0.2, 0.25) is 0 Å². The number of hydrogen-bond acceptors (Lipinski definition) is 5. The minimum atomic E-state index is -3.02. The van der Waals surface area contributed by atoms with Crippen molar-refractivity contribution in [3.63, 3.8) is 0 Å². The molecule has 0 unspecified atom stereocenters. The van der Waals surface area contributed by atoms with Crippen LogP contribution in [0.4, 0.5) is 25.8 Å². The maximum Gasteiger partial charge on any atom is 0.323 e. The third kappa shape index (κ3) is 4.95. The van der Waals surface area contributed by atoms with Crippen LogP contribution in [0.25, 0.3) is 16.9 Å². The van der Waals surface area contributed by atoms with Crippen LogP contribution in [0.15, 0.2) is 60.9 Å². The minimum Gasteiger partial charge on any atom is -0.369 e. The Hall–Kier alpha value is -3.25. The lowest BCUT2D eigenvalue weighted by molar-refractivity contribution is 0.0965. The minimum absolute atomic E-state index is 0.00313. The second-order valence-electron chi connectivity index (χ2n) is 10.3. The number of rotatable bonds is 6. The quantitative estimate of drug-likeness (QED) is 0.200. The number of nitrogens with zero attached hydrogens (tertiary/aromatic N) is 4. The summed E-state index contributed by atoms with van der Waals surface area (Å²) in [6, 6.07) is 15.3. The van der Waals surface area contributed by atoms with Crippen LogP contribution in [0.5, 0.6) is 0 Å². The number of piperazine rings is 1. The van der Waals surface area contributed by atoms with E-state index < -0.39 is 3.93 Å². The van der Waals surface area contributed by atoms with E-state index in [1.165, 1.54) is 22.6 Å². The van der Waals surface area contributed by atoms with E-state index in [-0.39, 0.29) is 11.5 Å². The highest BCUT2D eigenvalue weighted by Gasteiger charge is 2.33. The van der Waals surface area contributed by atoms with Gasteiger partial charge in [-0.25, -0.2) is 4.98 Å². The topological polar surface area (TPSA) is 64.9 Å². The molecule has 4 heterocycles. The van der Waals surface area contributed by atoms with Crippen molar-refractivity contribution in [1.29, 1.82) is 0 Å². The zero-order valence-electron chi connectivity index (χ0n) is 21.7. The smallest absolute Gasteiger partial charge is 0.323 e. The number of carbonyl (C=O) groups excluding carboxylic acids is 1. The molecule has 0 radical (unpaired) electrons. The Labute approximate surface area is 239 Å². The van der Waals surface area contributed by atoms with Gasteiger partial charge in [-0.2, -0.15) is 8.78 Å². The predicted molar refractivity (Wildman–Crippen MR) is 158 cm³/mol. The molecular weight excluding hydrogens is 613 g/mol. The van der Waals surface area contributed by atoms with Crippen molar-refractivity contribution in [3.8, 4) is 11.3 Å². The first kappa shape index (κ1) is 26.0. The molecule has 2 aromatic heterocycles. The molecule has 1 fully saturated rings. The van der Waals surface area contributed by atoms with Crippen molar-refractivity contribution in [3.05, 3.63) is 77.6 Å². The van der Waals surface area contributed by atoms with Crippen LogP contribution in [0, 0.1) is 0 Å². The molecule has 0 bridgehead atoms. The normalized spacial score (nSPS) is 16.2. The highest BCUT2D eigenvalue weighted by Crippen LogP contribution is 2.43. The van der Waals surface area contributed by atoms with Crippen LogP contribution >= 0.6 is 22.6 Å². The van der Waals surface area contributed by atoms with Gasteiger partial charge in [0.05, 0.1) is 16.9 Å². The van der Waals surface area contributed by atoms with E-state index in [0.717, 1.165) is 29.9 Å². The lowest BCUT2D eigenvalue weighted by Crippen LogP contribution is -2.49. The van der Waals surface area contributed by atoms with E-state index in [4.69, 9.17) is 0 Å². The van der Waals surface area contributed by atoms with Gasteiger partial charge >= 0.3 is 3.93 Å². The van der Waals surface area contributed by atoms with Gasteiger partial charge in [-0.05, 0) is 67.4 Å². The van der Waals surface area contributed by atoms with Gasteiger partial charge < -0.3 is 15.5 Å². The first-order chi connectivity index (χ1) is 18.7. The van der Waals surface area contributed by atoms with Gasteiger partial charge in [0.25, 0.3) is 5.91 Å². The molecule has 2 aliphatic rings. The molecule has 10 heteroatoms. The predicted octanol–water partition coefficient (Wildman–Crippen LogP) is 6.00. The number of alkyl halides is 3. The second kappa shape index (κ2) is 10.1. The highest BCUT2D eigenvalue weighted by atomic mass is 127. The van der Waals surface area contributed by atoms with Crippen molar-refractivity contribution in [1.82, 2.24) is 19.6 Å². The van der Waals surface area contributed by atoms with Crippen LogP contribution in [-0.2, 0) is 10.5 Å². The fourth-order valence-corrected chi connectivity index (χ4v) is 5.92. The average Bonchev–Trinajstić information content (AvgIpc) is 3.56. The number of halogens is 3. The molecule has 7 nitrogen and oxygen atoms in total. The van der Waals surface area contributed by atoms with E-state index in [0.29, 0.717) is 53.9 Å². The summed E-state index contributed by atoms with van der Waals surface area (Å²) in [5.41, 5.74) is 6.10. The van der Waals surface area contributed by atoms with Crippen molar-refractivity contribution in [2.24, 2.45) is 0 Å². The molecule has 2 aromatic carbocycles. The van der Waals surface area contributed by atoms with Crippen molar-refractivity contribution in [2.45, 2.75) is 30.4 Å². The average molecular weight is 642 g/mol. The lowest BCUT2D eigenvalue weighted by atomic mass is 10.0. The van der Waals surface area contributed by atoms with Gasteiger partial charge in [0, 0.05) is 90.7 Å². The molecule has 0 atom stereocenters. The van der Waals surface area contributed by atoms with Crippen LogP contribution in [0.1, 0.15) is 35.3 Å². The third-order valence-corrected chi connectivity index (χ3v) is 8.18. The first-order valence-electron chi connectivity index (χ1n) is 13.0. The van der Waals surface area contributed by atoms with Crippen LogP contribution < -0.4 is 15.5 Å². The number of imidazole rings is 1. The Morgan fingerprint density at radius 3 is 2.59 bits per heavy atom. The summed E-state index contributed by atoms with van der Waals surface area (Å²) in [5, 5.41) is 6.17. The van der Waals surface area contributed by atoms with Gasteiger partial charge in [0.2, 0.25) is 0 Å². The molecule has 0 spiro atoms. The Bertz CT molecular complexity index is 1560. The Morgan fingerprint density at radius 2 is 1.85 bits per heavy atom. The zero-order chi connectivity index (χ0) is 27.3. The summed E-state index contributed by atoms with van der Waals surface area (Å²) in [6.45, 7) is 7.98. The molecule has 2 N–H and O–H groups in total. The van der Waals surface area contributed by atoms with Gasteiger partial charge in [-0.3, -0.25) is 14.1 Å². The Balaban J connectivity index is 1.30. The zero-order valence-corrected chi connectivity index (χ0v) is 23.9. The fourth-order valence-electron chi connectivity index (χ4n) is 5.49. The lowest BCUT2D eigenvalue weighted by Gasteiger charge is -2.39. The number of pyridine rings is 1. The second-order valence-corrected chi connectivity index (χ2v) is 11.6. The summed E-state index contributed by atoms with van der Waals surface area (Å²) < 4.78 is 28.6. The van der Waals surface area contributed by atoms with Crippen LogP contribution in [0.3, 0.4) is 0 Å². The summed E-state index contributed by atoms with van der Waals surface area (Å²) in [4.78, 5) is 20.9. The molecule has 4 aromatic rings. The SMILES string of the molecule is CC(C)N1CCN(c2ccc(Nc3ccc(-c4ccc5c(c4)CNC5=O)n4ccnc34)cc2C(F)(F)I)CC1. The molecule has 39 heavy (non-hydrogen) atoms.